The molecule has 0 radical (unpaired) electrons. The lowest BCUT2D eigenvalue weighted by Crippen LogP contribution is -2.31. The molecule has 0 aromatic rings. The minimum atomic E-state index is -2.86. The van der Waals surface area contributed by atoms with Gasteiger partial charge in [0, 0.05) is 0 Å². The van der Waals surface area contributed by atoms with Crippen LogP contribution in [0.2, 0.25) is 0 Å². The van der Waals surface area contributed by atoms with E-state index in [2.05, 4.69) is 30.2 Å². The highest BCUT2D eigenvalue weighted by Gasteiger charge is 2.37. The second-order valence-electron chi connectivity index (χ2n) is 5.21. The third-order valence-electron chi connectivity index (χ3n) is 3.57. The lowest BCUT2D eigenvalue weighted by Gasteiger charge is -2.31. The molecule has 2 unspecified atom stereocenters. The summed E-state index contributed by atoms with van der Waals surface area (Å²) >= 11 is -2.86. The fourth-order valence-electron chi connectivity index (χ4n) is 2.35. The van der Waals surface area contributed by atoms with Crippen LogP contribution in [0.1, 0.15) is 78.6 Å². The van der Waals surface area contributed by atoms with Gasteiger partial charge in [-0.1, -0.05) is 59.3 Å². The third kappa shape index (κ3) is 12.2. The molecule has 0 saturated heterocycles. The van der Waals surface area contributed by atoms with Crippen LogP contribution in [0.5, 0.6) is 0 Å². The lowest BCUT2D eigenvalue weighted by atomic mass is 9.74. The van der Waals surface area contributed by atoms with Gasteiger partial charge in [0.15, 0.2) is 0 Å². The van der Waals surface area contributed by atoms with Crippen molar-refractivity contribution in [1.82, 2.24) is 0 Å². The van der Waals surface area contributed by atoms with E-state index in [0.717, 1.165) is 57.8 Å². The Balaban J connectivity index is 0. The molecule has 0 fully saturated rings. The van der Waals surface area contributed by atoms with E-state index in [-0.39, 0.29) is 11.4 Å². The zero-order valence-electron chi connectivity index (χ0n) is 13.4. The molecule has 7 heteroatoms. The van der Waals surface area contributed by atoms with Gasteiger partial charge in [-0.3, -0.25) is 4.79 Å². The maximum absolute atomic E-state index is 12.1. The van der Waals surface area contributed by atoms with Crippen LogP contribution in [0.15, 0.2) is 0 Å². The van der Waals surface area contributed by atoms with Crippen molar-refractivity contribution in [2.24, 2.45) is 5.41 Å². The van der Waals surface area contributed by atoms with Crippen LogP contribution in [0, 0.1) is 5.41 Å². The number of carbonyl (C=O) groups is 1. The Morgan fingerprint density at radius 3 is 1.57 bits per heavy atom. The van der Waals surface area contributed by atoms with Gasteiger partial charge in [0.05, 0.1) is 26.2 Å². The fraction of sp³-hybridized carbons (Fsp3) is 0.929. The summed E-state index contributed by atoms with van der Waals surface area (Å²) in [4.78, 5) is 12.1. The Bertz CT molecular complexity index is 261. The van der Waals surface area contributed by atoms with Crippen LogP contribution in [0.3, 0.4) is 0 Å². The summed E-state index contributed by atoms with van der Waals surface area (Å²) in [7, 11) is 2.13. The highest BCUT2D eigenvalue weighted by atomic mass is 32.2. The summed E-state index contributed by atoms with van der Waals surface area (Å²) in [5, 5.41) is 0. The van der Waals surface area contributed by atoms with Gasteiger partial charge in [-0.2, -0.15) is 0 Å². The van der Waals surface area contributed by atoms with Crippen LogP contribution in [0.4, 0.5) is 0 Å². The Morgan fingerprint density at radius 2 is 1.38 bits per heavy atom. The molecule has 0 saturated carbocycles. The minimum Gasteiger partial charge on any atom is -0.750 e. The van der Waals surface area contributed by atoms with E-state index in [1.165, 1.54) is 0 Å². The summed E-state index contributed by atoms with van der Waals surface area (Å²) in [6, 6.07) is 0. The first-order valence-electron chi connectivity index (χ1n) is 7.59. The maximum Gasteiger partial charge on any atom is 0.314 e. The van der Waals surface area contributed by atoms with Crippen molar-refractivity contribution >= 4 is 26.8 Å². The van der Waals surface area contributed by atoms with E-state index < -0.39 is 11.4 Å². The highest BCUT2D eigenvalue weighted by Crippen LogP contribution is 2.38. The first-order chi connectivity index (χ1) is 9.90. The normalized spacial score (nSPS) is 12.3. The quantitative estimate of drug-likeness (QED) is 0.475. The number of unbranched alkanes of at least 4 members (excludes halogenated alkanes) is 3. The molecule has 0 aromatic carbocycles. The molecule has 0 heterocycles. The van der Waals surface area contributed by atoms with E-state index in [9.17, 15) is 4.79 Å². The van der Waals surface area contributed by atoms with Crippen LogP contribution < -0.4 is 0 Å². The smallest absolute Gasteiger partial charge is 0.314 e. The van der Waals surface area contributed by atoms with Gasteiger partial charge in [0.1, 0.15) is 0 Å². The molecular weight excluding hydrogens is 311 g/mol. The first-order valence-corrected chi connectivity index (χ1v) is 9.10. The molecule has 2 atom stereocenters. The predicted molar refractivity (Wildman–Crippen MR) is 88.4 cm³/mol. The molecule has 0 aromatic heterocycles. The lowest BCUT2D eigenvalue weighted by molar-refractivity contribution is -0.146. The molecule has 21 heavy (non-hydrogen) atoms. The van der Waals surface area contributed by atoms with Crippen molar-refractivity contribution in [3.63, 3.8) is 0 Å². The van der Waals surface area contributed by atoms with Crippen molar-refractivity contribution in [1.29, 1.82) is 0 Å². The van der Waals surface area contributed by atoms with Crippen molar-refractivity contribution in [2.45, 2.75) is 78.6 Å². The molecule has 5 nitrogen and oxygen atoms in total. The Hall–Kier alpha value is -0.0300. The zero-order chi connectivity index (χ0) is 16.7. The highest BCUT2D eigenvalue weighted by molar-refractivity contribution is 7.73. The van der Waals surface area contributed by atoms with Gasteiger partial charge in [-0.05, 0) is 19.3 Å². The molecule has 0 amide bonds. The van der Waals surface area contributed by atoms with E-state index in [0.29, 0.717) is 0 Å². The first kappa shape index (κ1) is 23.2. The summed E-state index contributed by atoms with van der Waals surface area (Å²) in [5.41, 5.74) is -0.218. The van der Waals surface area contributed by atoms with Gasteiger partial charge in [0.2, 0.25) is 0 Å². The van der Waals surface area contributed by atoms with Crippen LogP contribution >= 0.6 is 9.47 Å². The molecule has 128 valence electrons. The number of rotatable bonds is 10. The molecular formula is C14H30O5PS-. The van der Waals surface area contributed by atoms with Crippen molar-refractivity contribution < 1.29 is 22.6 Å². The van der Waals surface area contributed by atoms with Gasteiger partial charge in [0.25, 0.3) is 0 Å². The van der Waals surface area contributed by atoms with Crippen molar-refractivity contribution in [3.05, 3.63) is 0 Å². The van der Waals surface area contributed by atoms with Crippen LogP contribution in [-0.4, -0.2) is 19.3 Å². The topological polar surface area (TPSA) is 86.7 Å². The largest absolute Gasteiger partial charge is 0.750 e. The van der Waals surface area contributed by atoms with E-state index in [1.807, 2.05) is 0 Å². The van der Waals surface area contributed by atoms with Crippen molar-refractivity contribution in [2.75, 3.05) is 0 Å². The summed E-state index contributed by atoms with van der Waals surface area (Å²) < 4.78 is 29.1. The average molecular weight is 341 g/mol. The Labute approximate surface area is 134 Å². The van der Waals surface area contributed by atoms with Crippen LogP contribution in [-0.2, 0) is 20.7 Å². The average Bonchev–Trinajstić information content (AvgIpc) is 2.45. The molecule has 0 spiro atoms. The SMILES string of the molecule is CCCCC(CCCC)(CCCC)C(=O)OP.O=S([O-])O. The second-order valence-corrected chi connectivity index (χ2v) is 5.88. The summed E-state index contributed by atoms with van der Waals surface area (Å²) in [6.45, 7) is 6.53. The third-order valence-corrected chi connectivity index (χ3v) is 3.78. The summed E-state index contributed by atoms with van der Waals surface area (Å²) in [5.74, 6) is -0.0159. The molecule has 0 bridgehead atoms. The molecule has 0 rings (SSSR count). The van der Waals surface area contributed by atoms with Crippen molar-refractivity contribution in [3.8, 4) is 0 Å². The van der Waals surface area contributed by atoms with Gasteiger partial charge in [-0.15, -0.1) is 0 Å². The fourth-order valence-corrected chi connectivity index (χ4v) is 2.60. The van der Waals surface area contributed by atoms with Gasteiger partial charge >= 0.3 is 5.97 Å². The van der Waals surface area contributed by atoms with E-state index in [4.69, 9.17) is 17.8 Å². The van der Waals surface area contributed by atoms with E-state index in [1.54, 1.807) is 0 Å². The van der Waals surface area contributed by atoms with Gasteiger partial charge in [-0.25, -0.2) is 4.21 Å². The van der Waals surface area contributed by atoms with E-state index >= 15 is 0 Å². The zero-order valence-corrected chi connectivity index (χ0v) is 15.4. The molecule has 1 N–H and O–H groups in total. The molecule has 0 aliphatic heterocycles. The Kier molecular flexibility index (Phi) is 16.5. The number of hydrogen-bond acceptors (Lipinski definition) is 4. The standard InChI is InChI=1S/C14H29O2P.H2O3S/c1-4-7-10-14(11-8-5-2,12-9-6-3)13(15)16-17;1-4(2)3/h4-12,17H2,1-3H3;(H2,1,2,3)/p-1. The Morgan fingerprint density at radius 1 is 1.10 bits per heavy atom. The monoisotopic (exact) mass is 341 g/mol. The number of carbonyl (C=O) groups excluding carboxylic acids is 1. The molecule has 0 aliphatic rings. The minimum absolute atomic E-state index is 0.0159. The van der Waals surface area contributed by atoms with Gasteiger partial charge < -0.3 is 13.6 Å². The predicted octanol–water partition coefficient (Wildman–Crippen LogP) is 4.22. The second kappa shape index (κ2) is 14.9. The van der Waals surface area contributed by atoms with Crippen LogP contribution in [0.25, 0.3) is 0 Å². The molecule has 0 aliphatic carbocycles. The maximum atomic E-state index is 12.1. The summed E-state index contributed by atoms with van der Waals surface area (Å²) in [6.07, 6.45) is 9.73. The number of hydrogen-bond donors (Lipinski definition) is 1.